The van der Waals surface area contributed by atoms with Crippen molar-refractivity contribution in [3.8, 4) is 11.1 Å². The molecule has 0 saturated carbocycles. The summed E-state index contributed by atoms with van der Waals surface area (Å²) in [4.78, 5) is 2.27. The van der Waals surface area contributed by atoms with Crippen molar-refractivity contribution >= 4 is 6.08 Å². The molecule has 2 aliphatic rings. The number of nitrogens with zero attached hydrogens (tertiary/aromatic N) is 1. The molecule has 4 rings (SSSR count). The standard InChI is InChI=1S/C25H27N/c1-17(2)21-13-22(18(3)4)15-23(14-21)20-9-8-19-10-12-26-11-6-5-7-25(26)24(19)16-20/h5-18,25H,1-4H3. The number of rotatable bonds is 3. The lowest BCUT2D eigenvalue weighted by atomic mass is 9.88. The van der Waals surface area contributed by atoms with Crippen molar-refractivity contribution in [2.24, 2.45) is 0 Å². The lowest BCUT2D eigenvalue weighted by Crippen LogP contribution is -2.21. The van der Waals surface area contributed by atoms with Crippen LogP contribution in [0, 0.1) is 0 Å². The lowest BCUT2D eigenvalue weighted by molar-refractivity contribution is 0.430. The third kappa shape index (κ3) is 3.03. The van der Waals surface area contributed by atoms with Gasteiger partial charge in [-0.3, -0.25) is 0 Å². The van der Waals surface area contributed by atoms with Crippen LogP contribution in [0.1, 0.15) is 67.8 Å². The first-order valence-corrected chi connectivity index (χ1v) is 9.63. The highest BCUT2D eigenvalue weighted by Crippen LogP contribution is 2.37. The quantitative estimate of drug-likeness (QED) is 0.580. The number of hydrogen-bond donors (Lipinski definition) is 0. The highest BCUT2D eigenvalue weighted by atomic mass is 15.1. The second-order valence-corrected chi connectivity index (χ2v) is 7.98. The summed E-state index contributed by atoms with van der Waals surface area (Å²) in [5.74, 6) is 1.07. The van der Waals surface area contributed by atoms with Crippen molar-refractivity contribution in [2.75, 3.05) is 0 Å². The van der Waals surface area contributed by atoms with Crippen molar-refractivity contribution in [3.63, 3.8) is 0 Å². The van der Waals surface area contributed by atoms with Gasteiger partial charge in [-0.15, -0.1) is 0 Å². The Morgan fingerprint density at radius 1 is 0.769 bits per heavy atom. The molecule has 1 heteroatoms. The summed E-state index contributed by atoms with van der Waals surface area (Å²) in [6, 6.07) is 14.3. The van der Waals surface area contributed by atoms with E-state index >= 15 is 0 Å². The van der Waals surface area contributed by atoms with Crippen LogP contribution in [0.2, 0.25) is 0 Å². The summed E-state index contributed by atoms with van der Waals surface area (Å²) in [6.45, 7) is 9.10. The topological polar surface area (TPSA) is 3.24 Å². The van der Waals surface area contributed by atoms with Crippen molar-refractivity contribution < 1.29 is 0 Å². The summed E-state index contributed by atoms with van der Waals surface area (Å²) in [5.41, 5.74) is 8.19. The Balaban J connectivity index is 1.82. The van der Waals surface area contributed by atoms with Gasteiger partial charge in [-0.2, -0.15) is 0 Å². The second-order valence-electron chi connectivity index (χ2n) is 7.98. The van der Waals surface area contributed by atoms with E-state index in [1.54, 1.807) is 0 Å². The van der Waals surface area contributed by atoms with E-state index in [0.29, 0.717) is 17.9 Å². The van der Waals surface area contributed by atoms with E-state index in [0.717, 1.165) is 0 Å². The molecule has 0 saturated heterocycles. The SMILES string of the molecule is CC(C)c1cc(-c2ccc3c(c2)C2C=CC=CN2C=C3)cc(C(C)C)c1. The Morgan fingerprint density at radius 2 is 1.50 bits per heavy atom. The van der Waals surface area contributed by atoms with Gasteiger partial charge in [0.1, 0.15) is 0 Å². The summed E-state index contributed by atoms with van der Waals surface area (Å²) in [5, 5.41) is 0. The fourth-order valence-electron chi connectivity index (χ4n) is 3.76. The molecule has 0 aromatic heterocycles. The van der Waals surface area contributed by atoms with Crippen molar-refractivity contribution in [1.29, 1.82) is 0 Å². The lowest BCUT2D eigenvalue weighted by Gasteiger charge is -2.32. The zero-order valence-electron chi connectivity index (χ0n) is 16.1. The highest BCUT2D eigenvalue weighted by Gasteiger charge is 2.21. The predicted octanol–water partition coefficient (Wildman–Crippen LogP) is 7.01. The fourth-order valence-corrected chi connectivity index (χ4v) is 3.76. The molecule has 0 spiro atoms. The first-order chi connectivity index (χ1) is 12.5. The third-order valence-electron chi connectivity index (χ3n) is 5.46. The molecule has 2 heterocycles. The van der Waals surface area contributed by atoms with E-state index in [2.05, 4.69) is 106 Å². The van der Waals surface area contributed by atoms with Crippen molar-refractivity contribution in [1.82, 2.24) is 4.90 Å². The van der Waals surface area contributed by atoms with Gasteiger partial charge in [-0.25, -0.2) is 0 Å². The molecule has 1 atom stereocenters. The molecule has 26 heavy (non-hydrogen) atoms. The van der Waals surface area contributed by atoms with Gasteiger partial charge in [0, 0.05) is 12.4 Å². The van der Waals surface area contributed by atoms with E-state index in [1.807, 2.05) is 0 Å². The molecule has 0 fully saturated rings. The molecular formula is C25H27N. The smallest absolute Gasteiger partial charge is 0.0773 e. The average molecular weight is 341 g/mol. The molecule has 0 N–H and O–H groups in total. The van der Waals surface area contributed by atoms with Gasteiger partial charge < -0.3 is 4.90 Å². The first kappa shape index (κ1) is 16.9. The van der Waals surface area contributed by atoms with Gasteiger partial charge in [0.2, 0.25) is 0 Å². The van der Waals surface area contributed by atoms with Crippen LogP contribution < -0.4 is 0 Å². The van der Waals surface area contributed by atoms with E-state index in [9.17, 15) is 0 Å². The van der Waals surface area contributed by atoms with Gasteiger partial charge in [0.25, 0.3) is 0 Å². The molecule has 2 aliphatic heterocycles. The molecule has 1 unspecified atom stereocenters. The minimum Gasteiger partial charge on any atom is -0.343 e. The Morgan fingerprint density at radius 3 is 2.19 bits per heavy atom. The zero-order valence-corrected chi connectivity index (χ0v) is 16.1. The third-order valence-corrected chi connectivity index (χ3v) is 5.46. The molecule has 1 nitrogen and oxygen atoms in total. The van der Waals surface area contributed by atoms with Crippen molar-refractivity contribution in [2.45, 2.75) is 45.6 Å². The number of allylic oxidation sites excluding steroid dienone is 2. The van der Waals surface area contributed by atoms with Gasteiger partial charge in [0.05, 0.1) is 6.04 Å². The van der Waals surface area contributed by atoms with Gasteiger partial charge >= 0.3 is 0 Å². The summed E-state index contributed by atoms with van der Waals surface area (Å²) in [6.07, 6.45) is 13.0. The van der Waals surface area contributed by atoms with Crippen LogP contribution in [0.5, 0.6) is 0 Å². The molecule has 0 bridgehead atoms. The Kier molecular flexibility index (Phi) is 4.32. The van der Waals surface area contributed by atoms with Crippen LogP contribution in [0.25, 0.3) is 17.2 Å². The predicted molar refractivity (Wildman–Crippen MR) is 112 cm³/mol. The van der Waals surface area contributed by atoms with Crippen LogP contribution in [-0.4, -0.2) is 4.90 Å². The maximum absolute atomic E-state index is 2.38. The zero-order chi connectivity index (χ0) is 18.3. The van der Waals surface area contributed by atoms with Crippen LogP contribution in [0.15, 0.2) is 67.0 Å². The van der Waals surface area contributed by atoms with E-state index < -0.39 is 0 Å². The molecule has 0 radical (unpaired) electrons. The Labute approximate surface area is 157 Å². The van der Waals surface area contributed by atoms with Crippen molar-refractivity contribution in [3.05, 3.63) is 89.3 Å². The number of fused-ring (bicyclic) bond motifs is 3. The van der Waals surface area contributed by atoms with E-state index in [1.165, 1.54) is 33.4 Å². The normalized spacial score (nSPS) is 17.8. The number of benzene rings is 2. The van der Waals surface area contributed by atoms with E-state index in [-0.39, 0.29) is 0 Å². The molecule has 132 valence electrons. The molecule has 2 aromatic rings. The molecule has 0 amide bonds. The minimum absolute atomic E-state index is 0.304. The average Bonchev–Trinajstić information content (AvgIpc) is 2.67. The van der Waals surface area contributed by atoms with Gasteiger partial charge in [0.15, 0.2) is 0 Å². The maximum Gasteiger partial charge on any atom is 0.0773 e. The fraction of sp³-hybridized carbons (Fsp3) is 0.280. The van der Waals surface area contributed by atoms with Crippen LogP contribution >= 0.6 is 0 Å². The summed E-state index contributed by atoms with van der Waals surface area (Å²) in [7, 11) is 0. The summed E-state index contributed by atoms with van der Waals surface area (Å²) >= 11 is 0. The van der Waals surface area contributed by atoms with E-state index in [4.69, 9.17) is 0 Å². The second kappa shape index (κ2) is 6.64. The summed E-state index contributed by atoms with van der Waals surface area (Å²) < 4.78 is 0. The highest BCUT2D eigenvalue weighted by molar-refractivity contribution is 5.71. The molecule has 0 aliphatic carbocycles. The Bertz CT molecular complexity index is 885. The van der Waals surface area contributed by atoms with Crippen LogP contribution in [0.3, 0.4) is 0 Å². The minimum atomic E-state index is 0.304. The molecule has 2 aromatic carbocycles. The number of hydrogen-bond acceptors (Lipinski definition) is 1. The maximum atomic E-state index is 2.38. The van der Waals surface area contributed by atoms with Crippen LogP contribution in [0.4, 0.5) is 0 Å². The Hall–Kier alpha value is -2.54. The van der Waals surface area contributed by atoms with Gasteiger partial charge in [-0.05, 0) is 63.4 Å². The largest absolute Gasteiger partial charge is 0.343 e. The van der Waals surface area contributed by atoms with Gasteiger partial charge in [-0.1, -0.05) is 70.2 Å². The van der Waals surface area contributed by atoms with Crippen LogP contribution in [-0.2, 0) is 0 Å². The molecular weight excluding hydrogens is 314 g/mol. The first-order valence-electron chi connectivity index (χ1n) is 9.63. The monoisotopic (exact) mass is 341 g/mol.